The standard InChI is InChI=1S/C16H22N2O4/c1-2-21-11-10-18-15(19)9-8-14(16(18)20)17-22-12-13-6-4-3-5-7-13/h3-7,14,17H,2,8-12H2,1H3. The number of piperidine rings is 1. The second-order valence-electron chi connectivity index (χ2n) is 5.06. The van der Waals surface area contributed by atoms with E-state index in [9.17, 15) is 9.59 Å². The Morgan fingerprint density at radius 3 is 2.77 bits per heavy atom. The molecule has 1 aliphatic rings. The van der Waals surface area contributed by atoms with Crippen molar-refractivity contribution < 1.29 is 19.2 Å². The molecule has 1 saturated heterocycles. The molecule has 22 heavy (non-hydrogen) atoms. The number of hydrogen-bond donors (Lipinski definition) is 1. The smallest absolute Gasteiger partial charge is 0.248 e. The summed E-state index contributed by atoms with van der Waals surface area (Å²) in [5.41, 5.74) is 3.79. The number of hydroxylamine groups is 1. The second kappa shape index (κ2) is 8.63. The molecule has 0 spiro atoms. The molecule has 1 aromatic rings. The average Bonchev–Trinajstić information content (AvgIpc) is 2.54. The first-order chi connectivity index (χ1) is 10.7. The van der Waals surface area contributed by atoms with Crippen molar-refractivity contribution >= 4 is 11.8 Å². The van der Waals surface area contributed by atoms with Crippen molar-refractivity contribution in [2.75, 3.05) is 19.8 Å². The number of nitrogens with zero attached hydrogens (tertiary/aromatic N) is 1. The first-order valence-corrected chi connectivity index (χ1v) is 7.55. The van der Waals surface area contributed by atoms with E-state index < -0.39 is 6.04 Å². The molecule has 0 radical (unpaired) electrons. The Morgan fingerprint density at radius 2 is 2.05 bits per heavy atom. The molecule has 1 aromatic carbocycles. The number of carbonyl (C=O) groups excluding carboxylic acids is 2. The van der Waals surface area contributed by atoms with Gasteiger partial charge in [-0.15, -0.1) is 0 Å². The van der Waals surface area contributed by atoms with E-state index in [-0.39, 0.29) is 11.8 Å². The zero-order valence-corrected chi connectivity index (χ0v) is 12.8. The minimum Gasteiger partial charge on any atom is -0.380 e. The molecular formula is C16H22N2O4. The lowest BCUT2D eigenvalue weighted by atomic mass is 10.1. The van der Waals surface area contributed by atoms with Gasteiger partial charge in [-0.1, -0.05) is 30.3 Å². The fourth-order valence-corrected chi connectivity index (χ4v) is 2.28. The summed E-state index contributed by atoms with van der Waals surface area (Å²) in [5, 5.41) is 0. The fraction of sp³-hybridized carbons (Fsp3) is 0.500. The van der Waals surface area contributed by atoms with Gasteiger partial charge in [0.1, 0.15) is 6.04 Å². The maximum Gasteiger partial charge on any atom is 0.248 e. The van der Waals surface area contributed by atoms with Gasteiger partial charge in [0, 0.05) is 13.0 Å². The van der Waals surface area contributed by atoms with Gasteiger partial charge in [-0.2, -0.15) is 5.48 Å². The largest absolute Gasteiger partial charge is 0.380 e. The molecule has 6 heteroatoms. The van der Waals surface area contributed by atoms with E-state index in [1.807, 2.05) is 37.3 Å². The maximum absolute atomic E-state index is 12.3. The Balaban J connectivity index is 1.80. The molecule has 1 N–H and O–H groups in total. The average molecular weight is 306 g/mol. The van der Waals surface area contributed by atoms with Gasteiger partial charge in [0.05, 0.1) is 19.8 Å². The normalized spacial score (nSPS) is 18.8. The van der Waals surface area contributed by atoms with Crippen molar-refractivity contribution in [1.29, 1.82) is 0 Å². The Bertz CT molecular complexity index is 492. The van der Waals surface area contributed by atoms with Crippen molar-refractivity contribution in [3.05, 3.63) is 35.9 Å². The molecule has 2 amide bonds. The molecule has 1 fully saturated rings. The summed E-state index contributed by atoms with van der Waals surface area (Å²) >= 11 is 0. The van der Waals surface area contributed by atoms with Crippen molar-refractivity contribution in [2.45, 2.75) is 32.4 Å². The third-order valence-corrected chi connectivity index (χ3v) is 3.48. The van der Waals surface area contributed by atoms with Crippen LogP contribution in [-0.4, -0.2) is 42.5 Å². The summed E-state index contributed by atoms with van der Waals surface area (Å²) in [6.07, 6.45) is 0.793. The summed E-state index contributed by atoms with van der Waals surface area (Å²) in [4.78, 5) is 30.8. The Kier molecular flexibility index (Phi) is 6.51. The molecule has 6 nitrogen and oxygen atoms in total. The summed E-state index contributed by atoms with van der Waals surface area (Å²) < 4.78 is 5.21. The Hall–Kier alpha value is -1.76. The number of carbonyl (C=O) groups is 2. The molecule has 0 saturated carbocycles. The third kappa shape index (κ3) is 4.62. The van der Waals surface area contributed by atoms with Gasteiger partial charge in [-0.05, 0) is 18.9 Å². The van der Waals surface area contributed by atoms with Gasteiger partial charge in [0.15, 0.2) is 0 Å². The molecule has 0 aliphatic carbocycles. The van der Waals surface area contributed by atoms with Crippen LogP contribution in [0.1, 0.15) is 25.3 Å². The quantitative estimate of drug-likeness (QED) is 0.445. The first kappa shape index (κ1) is 16.6. The van der Waals surface area contributed by atoms with Crippen LogP contribution in [0.4, 0.5) is 0 Å². The minimum atomic E-state index is -0.483. The van der Waals surface area contributed by atoms with Crippen LogP contribution in [0.25, 0.3) is 0 Å². The summed E-state index contributed by atoms with van der Waals surface area (Å²) in [7, 11) is 0. The van der Waals surface area contributed by atoms with E-state index >= 15 is 0 Å². The number of rotatable bonds is 8. The first-order valence-electron chi connectivity index (χ1n) is 7.55. The van der Waals surface area contributed by atoms with E-state index in [0.29, 0.717) is 39.2 Å². The second-order valence-corrected chi connectivity index (χ2v) is 5.06. The van der Waals surface area contributed by atoms with Gasteiger partial charge >= 0.3 is 0 Å². The molecule has 0 bridgehead atoms. The molecule has 1 heterocycles. The fourth-order valence-electron chi connectivity index (χ4n) is 2.28. The van der Waals surface area contributed by atoms with E-state index in [4.69, 9.17) is 9.57 Å². The van der Waals surface area contributed by atoms with Crippen LogP contribution in [0, 0.1) is 0 Å². The molecule has 0 aromatic heterocycles. The van der Waals surface area contributed by atoms with Crippen molar-refractivity contribution in [1.82, 2.24) is 10.4 Å². The monoisotopic (exact) mass is 306 g/mol. The number of hydrogen-bond acceptors (Lipinski definition) is 5. The SMILES string of the molecule is CCOCCN1C(=O)CCC(NOCc2ccccc2)C1=O. The van der Waals surface area contributed by atoms with E-state index in [1.165, 1.54) is 4.90 Å². The zero-order chi connectivity index (χ0) is 15.8. The van der Waals surface area contributed by atoms with Crippen molar-refractivity contribution in [3.8, 4) is 0 Å². The third-order valence-electron chi connectivity index (χ3n) is 3.48. The summed E-state index contributed by atoms with van der Waals surface area (Å²) in [6.45, 7) is 3.48. The highest BCUT2D eigenvalue weighted by atomic mass is 16.6. The van der Waals surface area contributed by atoms with Crippen LogP contribution in [0.3, 0.4) is 0 Å². The molecule has 2 rings (SSSR count). The van der Waals surface area contributed by atoms with Crippen LogP contribution in [0.2, 0.25) is 0 Å². The number of imide groups is 1. The van der Waals surface area contributed by atoms with E-state index in [2.05, 4.69) is 5.48 Å². The van der Waals surface area contributed by atoms with Crippen LogP contribution in [0.5, 0.6) is 0 Å². The summed E-state index contributed by atoms with van der Waals surface area (Å²) in [6, 6.07) is 9.20. The molecule has 1 aliphatic heterocycles. The van der Waals surface area contributed by atoms with Gasteiger partial charge in [-0.25, -0.2) is 0 Å². The topological polar surface area (TPSA) is 67.9 Å². The molecular weight excluding hydrogens is 284 g/mol. The van der Waals surface area contributed by atoms with Crippen molar-refractivity contribution in [3.63, 3.8) is 0 Å². The lowest BCUT2D eigenvalue weighted by Gasteiger charge is -2.30. The van der Waals surface area contributed by atoms with Gasteiger partial charge < -0.3 is 4.74 Å². The van der Waals surface area contributed by atoms with Gasteiger partial charge in [0.25, 0.3) is 0 Å². The highest BCUT2D eigenvalue weighted by molar-refractivity contribution is 6.00. The molecule has 1 atom stereocenters. The Morgan fingerprint density at radius 1 is 1.27 bits per heavy atom. The number of benzene rings is 1. The molecule has 120 valence electrons. The predicted octanol–water partition coefficient (Wildman–Crippen LogP) is 1.26. The maximum atomic E-state index is 12.3. The highest BCUT2D eigenvalue weighted by Gasteiger charge is 2.34. The van der Waals surface area contributed by atoms with Gasteiger partial charge in [0.2, 0.25) is 11.8 Å². The van der Waals surface area contributed by atoms with Crippen LogP contribution >= 0.6 is 0 Å². The van der Waals surface area contributed by atoms with Crippen LogP contribution in [0.15, 0.2) is 30.3 Å². The zero-order valence-electron chi connectivity index (χ0n) is 12.8. The minimum absolute atomic E-state index is 0.147. The van der Waals surface area contributed by atoms with E-state index in [0.717, 1.165) is 5.56 Å². The number of likely N-dealkylation sites (tertiary alicyclic amines) is 1. The molecule has 1 unspecified atom stereocenters. The predicted molar refractivity (Wildman–Crippen MR) is 80.6 cm³/mol. The van der Waals surface area contributed by atoms with Crippen LogP contribution < -0.4 is 5.48 Å². The van der Waals surface area contributed by atoms with Crippen molar-refractivity contribution in [2.24, 2.45) is 0 Å². The summed E-state index contributed by atoms with van der Waals surface area (Å²) in [5.74, 6) is -0.394. The lowest BCUT2D eigenvalue weighted by molar-refractivity contribution is -0.154. The highest BCUT2D eigenvalue weighted by Crippen LogP contribution is 2.13. The lowest BCUT2D eigenvalue weighted by Crippen LogP contribution is -2.53. The van der Waals surface area contributed by atoms with Crippen LogP contribution in [-0.2, 0) is 25.8 Å². The van der Waals surface area contributed by atoms with E-state index in [1.54, 1.807) is 0 Å². The Labute approximate surface area is 130 Å². The van der Waals surface area contributed by atoms with Gasteiger partial charge in [-0.3, -0.25) is 19.3 Å². The number of ether oxygens (including phenoxy) is 1. The number of nitrogens with one attached hydrogen (secondary N) is 1. The number of amides is 2.